The molecule has 0 radical (unpaired) electrons. The van der Waals surface area contributed by atoms with E-state index in [2.05, 4.69) is 12.2 Å². The Morgan fingerprint density at radius 1 is 1.29 bits per heavy atom. The van der Waals surface area contributed by atoms with E-state index in [1.165, 1.54) is 19.9 Å². The van der Waals surface area contributed by atoms with Crippen LogP contribution in [0.1, 0.15) is 45.4 Å². The van der Waals surface area contributed by atoms with Gasteiger partial charge < -0.3 is 10.4 Å². The summed E-state index contributed by atoms with van der Waals surface area (Å²) in [5, 5.41) is 11.4. The molecule has 1 atom stereocenters. The number of aliphatic carboxylic acids is 1. The highest BCUT2D eigenvalue weighted by Gasteiger charge is 2.18. The van der Waals surface area contributed by atoms with Gasteiger partial charge in [-0.3, -0.25) is 9.59 Å². The van der Waals surface area contributed by atoms with Crippen molar-refractivity contribution in [2.24, 2.45) is 5.92 Å². The maximum atomic E-state index is 11.1. The topological polar surface area (TPSA) is 66.4 Å². The fraction of sp³-hybridized carbons (Fsp3) is 0.692. The third kappa shape index (κ3) is 8.48. The van der Waals surface area contributed by atoms with Crippen molar-refractivity contribution >= 4 is 11.9 Å². The second kappa shape index (κ2) is 9.87. The average Bonchev–Trinajstić information content (AvgIpc) is 2.31. The predicted molar refractivity (Wildman–Crippen MR) is 67.7 cm³/mol. The lowest BCUT2D eigenvalue weighted by atomic mass is 10.0. The van der Waals surface area contributed by atoms with Gasteiger partial charge in [0.05, 0.1) is 5.92 Å². The van der Waals surface area contributed by atoms with Crippen LogP contribution in [0.4, 0.5) is 0 Å². The van der Waals surface area contributed by atoms with Crippen LogP contribution in [-0.4, -0.2) is 24.0 Å². The molecule has 4 heteroatoms. The van der Waals surface area contributed by atoms with Gasteiger partial charge in [0.25, 0.3) is 0 Å². The average molecular weight is 241 g/mol. The maximum Gasteiger partial charge on any atom is 0.307 e. The van der Waals surface area contributed by atoms with E-state index in [1.54, 1.807) is 0 Å². The highest BCUT2D eigenvalue weighted by molar-refractivity contribution is 5.82. The standard InChI is InChI=1S/C13H23NO3/c1-3-4-5-6-7-8-9-11(13(16)17)10-12(15)14-2/h7-8,11H,3-6,9-10H2,1-2H3,(H,14,15)(H,16,17). The molecular weight excluding hydrogens is 218 g/mol. The number of carbonyl (C=O) groups excluding carboxylic acids is 1. The van der Waals surface area contributed by atoms with Gasteiger partial charge in [-0.2, -0.15) is 0 Å². The van der Waals surface area contributed by atoms with Crippen LogP contribution in [0.2, 0.25) is 0 Å². The normalized spacial score (nSPS) is 12.6. The van der Waals surface area contributed by atoms with Crippen LogP contribution in [0, 0.1) is 5.92 Å². The maximum absolute atomic E-state index is 11.1. The van der Waals surface area contributed by atoms with Crippen molar-refractivity contribution in [3.8, 4) is 0 Å². The lowest BCUT2D eigenvalue weighted by Gasteiger charge is -2.08. The number of carboxylic acid groups (broad SMARTS) is 1. The summed E-state index contributed by atoms with van der Waals surface area (Å²) in [7, 11) is 1.52. The summed E-state index contributed by atoms with van der Waals surface area (Å²) in [4.78, 5) is 22.0. The van der Waals surface area contributed by atoms with Gasteiger partial charge in [0.2, 0.25) is 5.91 Å². The zero-order valence-electron chi connectivity index (χ0n) is 10.7. The van der Waals surface area contributed by atoms with E-state index in [0.717, 1.165) is 12.8 Å². The number of allylic oxidation sites excluding steroid dienone is 2. The Kier molecular flexibility index (Phi) is 9.11. The van der Waals surface area contributed by atoms with Gasteiger partial charge in [-0.15, -0.1) is 0 Å². The van der Waals surface area contributed by atoms with Crippen molar-refractivity contribution in [2.75, 3.05) is 7.05 Å². The van der Waals surface area contributed by atoms with Crippen molar-refractivity contribution in [2.45, 2.75) is 45.4 Å². The quantitative estimate of drug-likeness (QED) is 0.481. The molecule has 2 N–H and O–H groups in total. The van der Waals surface area contributed by atoms with E-state index in [-0.39, 0.29) is 12.3 Å². The van der Waals surface area contributed by atoms with Gasteiger partial charge in [-0.1, -0.05) is 31.9 Å². The number of nitrogens with one attached hydrogen (secondary N) is 1. The molecule has 0 aliphatic carbocycles. The fourth-order valence-electron chi connectivity index (χ4n) is 1.49. The van der Waals surface area contributed by atoms with Crippen molar-refractivity contribution in [1.82, 2.24) is 5.32 Å². The first-order valence-electron chi connectivity index (χ1n) is 6.20. The first-order valence-corrected chi connectivity index (χ1v) is 6.20. The van der Waals surface area contributed by atoms with E-state index in [0.29, 0.717) is 6.42 Å². The number of carbonyl (C=O) groups is 2. The van der Waals surface area contributed by atoms with Gasteiger partial charge in [-0.25, -0.2) is 0 Å². The van der Waals surface area contributed by atoms with Gasteiger partial charge in [0.1, 0.15) is 0 Å². The minimum atomic E-state index is -0.910. The van der Waals surface area contributed by atoms with Crippen LogP contribution in [0.25, 0.3) is 0 Å². The SMILES string of the molecule is CCCCCC=CCC(CC(=O)NC)C(=O)O. The van der Waals surface area contributed by atoms with Crippen LogP contribution in [0.5, 0.6) is 0 Å². The van der Waals surface area contributed by atoms with Crippen LogP contribution < -0.4 is 5.32 Å². The Morgan fingerprint density at radius 2 is 2.00 bits per heavy atom. The largest absolute Gasteiger partial charge is 0.481 e. The molecule has 4 nitrogen and oxygen atoms in total. The summed E-state index contributed by atoms with van der Waals surface area (Å²) < 4.78 is 0. The summed E-state index contributed by atoms with van der Waals surface area (Å²) in [5.74, 6) is -1.75. The van der Waals surface area contributed by atoms with E-state index < -0.39 is 11.9 Å². The molecule has 0 aliphatic rings. The summed E-state index contributed by atoms with van der Waals surface area (Å²) in [5.41, 5.74) is 0. The van der Waals surface area contributed by atoms with Crippen LogP contribution in [0.15, 0.2) is 12.2 Å². The molecule has 0 spiro atoms. The number of carboxylic acids is 1. The summed E-state index contributed by atoms with van der Waals surface area (Å²) in [6.07, 6.45) is 8.86. The van der Waals surface area contributed by atoms with Gasteiger partial charge in [0.15, 0.2) is 0 Å². The molecule has 0 aromatic carbocycles. The number of hydrogen-bond donors (Lipinski definition) is 2. The summed E-state index contributed by atoms with van der Waals surface area (Å²) in [6, 6.07) is 0. The zero-order valence-corrected chi connectivity index (χ0v) is 10.7. The van der Waals surface area contributed by atoms with Crippen molar-refractivity contribution in [1.29, 1.82) is 0 Å². The van der Waals surface area contributed by atoms with Crippen LogP contribution in [0.3, 0.4) is 0 Å². The molecular formula is C13H23NO3. The minimum Gasteiger partial charge on any atom is -0.481 e. The van der Waals surface area contributed by atoms with Crippen molar-refractivity contribution < 1.29 is 14.7 Å². The summed E-state index contributed by atoms with van der Waals surface area (Å²) in [6.45, 7) is 2.15. The molecule has 0 saturated heterocycles. The molecule has 98 valence electrons. The molecule has 0 fully saturated rings. The first-order chi connectivity index (χ1) is 8.11. The Labute approximate surface area is 103 Å². The van der Waals surface area contributed by atoms with Crippen molar-refractivity contribution in [3.05, 3.63) is 12.2 Å². The molecule has 0 aromatic heterocycles. The number of unbranched alkanes of at least 4 members (excludes halogenated alkanes) is 3. The Morgan fingerprint density at radius 3 is 2.53 bits per heavy atom. The van der Waals surface area contributed by atoms with E-state index >= 15 is 0 Å². The Hall–Kier alpha value is -1.32. The van der Waals surface area contributed by atoms with Crippen LogP contribution in [-0.2, 0) is 9.59 Å². The molecule has 0 heterocycles. The van der Waals surface area contributed by atoms with E-state index in [1.807, 2.05) is 12.2 Å². The van der Waals surface area contributed by atoms with E-state index in [9.17, 15) is 9.59 Å². The molecule has 17 heavy (non-hydrogen) atoms. The highest BCUT2D eigenvalue weighted by Crippen LogP contribution is 2.10. The number of hydrogen-bond acceptors (Lipinski definition) is 2. The molecule has 0 rings (SSSR count). The predicted octanol–water partition coefficient (Wildman–Crippen LogP) is 2.35. The minimum absolute atomic E-state index is 0.0468. The number of amides is 1. The van der Waals surface area contributed by atoms with Gasteiger partial charge in [-0.05, 0) is 19.3 Å². The number of rotatable bonds is 9. The first kappa shape index (κ1) is 15.7. The van der Waals surface area contributed by atoms with Gasteiger partial charge in [0, 0.05) is 13.5 Å². The second-order valence-electron chi connectivity index (χ2n) is 4.12. The highest BCUT2D eigenvalue weighted by atomic mass is 16.4. The molecule has 0 bridgehead atoms. The van der Waals surface area contributed by atoms with Crippen molar-refractivity contribution in [3.63, 3.8) is 0 Å². The smallest absolute Gasteiger partial charge is 0.307 e. The van der Waals surface area contributed by atoms with Crippen LogP contribution >= 0.6 is 0 Å². The lowest BCUT2D eigenvalue weighted by molar-refractivity contribution is -0.143. The monoisotopic (exact) mass is 241 g/mol. The Bertz CT molecular complexity index is 261. The fourth-order valence-corrected chi connectivity index (χ4v) is 1.49. The molecule has 0 aliphatic heterocycles. The Balaban J connectivity index is 3.92. The third-order valence-electron chi connectivity index (χ3n) is 2.62. The molecule has 1 amide bonds. The second-order valence-corrected chi connectivity index (χ2v) is 4.12. The third-order valence-corrected chi connectivity index (χ3v) is 2.62. The molecule has 1 unspecified atom stereocenters. The summed E-state index contributed by atoms with van der Waals surface area (Å²) >= 11 is 0. The molecule has 0 saturated carbocycles. The lowest BCUT2D eigenvalue weighted by Crippen LogP contribution is -2.25. The van der Waals surface area contributed by atoms with E-state index in [4.69, 9.17) is 5.11 Å². The van der Waals surface area contributed by atoms with Gasteiger partial charge >= 0.3 is 5.97 Å². The zero-order chi connectivity index (χ0) is 13.1. The molecule has 0 aromatic rings.